The number of aromatic nitrogens is 3. The fraction of sp³-hybridized carbons (Fsp3) is 0.286. The third-order valence-electron chi connectivity index (χ3n) is 3.19. The van der Waals surface area contributed by atoms with Gasteiger partial charge < -0.3 is 4.42 Å². The van der Waals surface area contributed by atoms with E-state index in [2.05, 4.69) is 10.00 Å². The van der Waals surface area contributed by atoms with Gasteiger partial charge in [-0.1, -0.05) is 6.07 Å². The maximum absolute atomic E-state index is 12.1. The number of fused-ring (bicyclic) bond motifs is 1. The monoisotopic (exact) mass is 272 g/mol. The highest BCUT2D eigenvalue weighted by molar-refractivity contribution is 5.35. The molecule has 0 N–H and O–H groups in total. The van der Waals surface area contributed by atoms with Crippen LogP contribution in [0.4, 0.5) is 0 Å². The van der Waals surface area contributed by atoms with Crippen LogP contribution in [-0.4, -0.2) is 32.7 Å². The maximum atomic E-state index is 12.1. The van der Waals surface area contributed by atoms with Crippen LogP contribution in [0.3, 0.4) is 0 Å². The minimum atomic E-state index is -0.105. The maximum Gasteiger partial charge on any atom is 0.350 e. The second kappa shape index (κ2) is 5.34. The summed E-state index contributed by atoms with van der Waals surface area (Å²) in [6.07, 6.45) is 3.39. The van der Waals surface area contributed by atoms with E-state index >= 15 is 0 Å². The van der Waals surface area contributed by atoms with Gasteiger partial charge in [0.05, 0.1) is 19.4 Å². The largest absolute Gasteiger partial charge is 0.468 e. The van der Waals surface area contributed by atoms with Crippen molar-refractivity contribution >= 4 is 5.65 Å². The van der Waals surface area contributed by atoms with Crippen LogP contribution in [0.2, 0.25) is 0 Å². The quantitative estimate of drug-likeness (QED) is 0.701. The topological polar surface area (TPSA) is 55.7 Å². The average Bonchev–Trinajstić information content (AvgIpc) is 3.06. The lowest BCUT2D eigenvalue weighted by Crippen LogP contribution is -2.28. The van der Waals surface area contributed by atoms with Crippen LogP contribution >= 0.6 is 0 Å². The highest BCUT2D eigenvalue weighted by atomic mass is 16.3. The van der Waals surface area contributed by atoms with E-state index in [1.54, 1.807) is 16.9 Å². The lowest BCUT2D eigenvalue weighted by Gasteiger charge is -2.14. The van der Waals surface area contributed by atoms with Crippen LogP contribution < -0.4 is 5.69 Å². The molecule has 0 atom stereocenters. The summed E-state index contributed by atoms with van der Waals surface area (Å²) >= 11 is 0. The summed E-state index contributed by atoms with van der Waals surface area (Å²) in [5, 5.41) is 4.30. The molecule has 0 fully saturated rings. The van der Waals surface area contributed by atoms with Gasteiger partial charge in [0, 0.05) is 12.7 Å². The molecule has 0 aliphatic rings. The van der Waals surface area contributed by atoms with Gasteiger partial charge in [-0.3, -0.25) is 9.30 Å². The third-order valence-corrected chi connectivity index (χ3v) is 3.19. The van der Waals surface area contributed by atoms with E-state index in [0.717, 1.165) is 18.8 Å². The highest BCUT2D eigenvalue weighted by Crippen LogP contribution is 2.03. The Hall–Kier alpha value is -2.34. The van der Waals surface area contributed by atoms with Crippen molar-refractivity contribution in [1.82, 2.24) is 19.1 Å². The van der Waals surface area contributed by atoms with Gasteiger partial charge >= 0.3 is 5.69 Å². The molecule has 3 heterocycles. The Bertz CT molecular complexity index is 742. The number of rotatable bonds is 5. The molecule has 104 valence electrons. The van der Waals surface area contributed by atoms with E-state index in [-0.39, 0.29) is 5.69 Å². The molecule has 0 aromatic carbocycles. The summed E-state index contributed by atoms with van der Waals surface area (Å²) in [6.45, 7) is 2.00. The Kier molecular flexibility index (Phi) is 3.39. The van der Waals surface area contributed by atoms with Gasteiger partial charge in [0.2, 0.25) is 0 Å². The number of hydrogen-bond acceptors (Lipinski definition) is 4. The van der Waals surface area contributed by atoms with E-state index < -0.39 is 0 Å². The summed E-state index contributed by atoms with van der Waals surface area (Å²) in [5.74, 6) is 0.912. The molecule has 0 amide bonds. The second-order valence-corrected chi connectivity index (χ2v) is 4.75. The van der Waals surface area contributed by atoms with Crippen LogP contribution in [0, 0.1) is 0 Å². The van der Waals surface area contributed by atoms with E-state index in [1.807, 2.05) is 37.4 Å². The number of furan rings is 1. The molecule has 0 aliphatic carbocycles. The van der Waals surface area contributed by atoms with Crippen molar-refractivity contribution in [3.8, 4) is 0 Å². The summed E-state index contributed by atoms with van der Waals surface area (Å²) < 4.78 is 8.34. The van der Waals surface area contributed by atoms with Crippen molar-refractivity contribution in [2.24, 2.45) is 0 Å². The zero-order valence-corrected chi connectivity index (χ0v) is 11.3. The van der Waals surface area contributed by atoms with Crippen LogP contribution in [0.25, 0.3) is 5.65 Å². The molecule has 3 aromatic heterocycles. The molecule has 20 heavy (non-hydrogen) atoms. The first-order valence-electron chi connectivity index (χ1n) is 6.49. The van der Waals surface area contributed by atoms with Crippen molar-refractivity contribution in [2.45, 2.75) is 13.1 Å². The zero-order chi connectivity index (χ0) is 13.9. The lowest BCUT2D eigenvalue weighted by atomic mass is 10.4. The van der Waals surface area contributed by atoms with Gasteiger partial charge in [-0.2, -0.15) is 0 Å². The van der Waals surface area contributed by atoms with Gasteiger partial charge in [-0.05, 0) is 31.3 Å². The molecule has 0 spiro atoms. The van der Waals surface area contributed by atoms with Gasteiger partial charge in [0.1, 0.15) is 5.76 Å². The van der Waals surface area contributed by atoms with Crippen molar-refractivity contribution in [3.63, 3.8) is 0 Å². The molecule has 0 radical (unpaired) electrons. The molecule has 0 bridgehead atoms. The Labute approximate surface area is 115 Å². The van der Waals surface area contributed by atoms with Crippen molar-refractivity contribution in [2.75, 3.05) is 13.6 Å². The molecular formula is C14H16N4O2. The first-order chi connectivity index (χ1) is 9.74. The minimum Gasteiger partial charge on any atom is -0.468 e. The van der Waals surface area contributed by atoms with Gasteiger partial charge in [-0.25, -0.2) is 9.48 Å². The number of hydrogen-bond donors (Lipinski definition) is 0. The fourth-order valence-corrected chi connectivity index (χ4v) is 2.13. The summed E-state index contributed by atoms with van der Waals surface area (Å²) in [7, 11) is 1.99. The van der Waals surface area contributed by atoms with Gasteiger partial charge in [-0.15, -0.1) is 5.10 Å². The van der Waals surface area contributed by atoms with E-state index in [1.165, 1.54) is 4.68 Å². The van der Waals surface area contributed by atoms with E-state index in [9.17, 15) is 4.79 Å². The highest BCUT2D eigenvalue weighted by Gasteiger charge is 2.07. The summed E-state index contributed by atoms with van der Waals surface area (Å²) in [5.41, 5.74) is 0.568. The van der Waals surface area contributed by atoms with Gasteiger partial charge in [0.15, 0.2) is 5.65 Å². The Morgan fingerprint density at radius 3 is 2.95 bits per heavy atom. The molecule has 0 aliphatic heterocycles. The molecule has 0 saturated heterocycles. The van der Waals surface area contributed by atoms with Crippen LogP contribution in [0.15, 0.2) is 52.0 Å². The third kappa shape index (κ3) is 2.50. The van der Waals surface area contributed by atoms with Gasteiger partial charge in [0.25, 0.3) is 0 Å². The molecule has 6 nitrogen and oxygen atoms in total. The van der Waals surface area contributed by atoms with Crippen LogP contribution in [-0.2, 0) is 13.1 Å². The summed E-state index contributed by atoms with van der Waals surface area (Å²) in [4.78, 5) is 14.2. The van der Waals surface area contributed by atoms with E-state index in [4.69, 9.17) is 4.42 Å². The molecule has 0 saturated carbocycles. The lowest BCUT2D eigenvalue weighted by molar-refractivity contribution is 0.277. The normalized spacial score (nSPS) is 11.5. The minimum absolute atomic E-state index is 0.105. The first-order valence-corrected chi connectivity index (χ1v) is 6.49. The Morgan fingerprint density at radius 1 is 1.30 bits per heavy atom. The van der Waals surface area contributed by atoms with Crippen molar-refractivity contribution in [3.05, 3.63) is 59.0 Å². The molecular weight excluding hydrogens is 256 g/mol. The molecule has 0 unspecified atom stereocenters. The van der Waals surface area contributed by atoms with Crippen LogP contribution in [0.5, 0.6) is 0 Å². The van der Waals surface area contributed by atoms with E-state index in [0.29, 0.717) is 12.2 Å². The first kappa shape index (κ1) is 12.7. The van der Waals surface area contributed by atoms with Crippen molar-refractivity contribution < 1.29 is 4.42 Å². The predicted octanol–water partition coefficient (Wildman–Crippen LogP) is 1.22. The Balaban J connectivity index is 1.68. The Morgan fingerprint density at radius 2 is 2.20 bits per heavy atom. The zero-order valence-electron chi connectivity index (χ0n) is 11.3. The number of nitrogens with zero attached hydrogens (tertiary/aromatic N) is 4. The standard InChI is InChI=1S/C14H16N4O2/c1-16(11-12-5-4-10-20-12)8-9-18-14(19)17-7-3-2-6-13(17)15-18/h2-7,10H,8-9,11H2,1H3. The smallest absolute Gasteiger partial charge is 0.350 e. The fourth-order valence-electron chi connectivity index (χ4n) is 2.13. The average molecular weight is 272 g/mol. The molecule has 6 heteroatoms. The number of pyridine rings is 1. The van der Waals surface area contributed by atoms with Crippen molar-refractivity contribution in [1.29, 1.82) is 0 Å². The summed E-state index contributed by atoms with van der Waals surface area (Å²) in [6, 6.07) is 9.33. The van der Waals surface area contributed by atoms with Crippen LogP contribution in [0.1, 0.15) is 5.76 Å². The molecule has 3 rings (SSSR count). The molecule has 3 aromatic rings. The SMILES string of the molecule is CN(CCn1nc2ccccn2c1=O)Cc1ccco1. The predicted molar refractivity (Wildman–Crippen MR) is 74.5 cm³/mol. The second-order valence-electron chi connectivity index (χ2n) is 4.75. The number of likely N-dealkylation sites (N-methyl/N-ethyl adjacent to an activating group) is 1.